The van der Waals surface area contributed by atoms with Crippen molar-refractivity contribution in [2.75, 3.05) is 12.3 Å². The monoisotopic (exact) mass is 223 g/mol. The molecule has 1 aliphatic carbocycles. The molecule has 86 valence electrons. The van der Waals surface area contributed by atoms with Crippen molar-refractivity contribution >= 4 is 11.7 Å². The molecule has 1 fully saturated rings. The second kappa shape index (κ2) is 4.51. The second-order valence-corrected chi connectivity index (χ2v) is 4.10. The molecule has 1 aromatic rings. The number of nitrogens with two attached hydrogens (primary N) is 1. The van der Waals surface area contributed by atoms with Crippen LogP contribution < -0.4 is 5.73 Å². The van der Waals surface area contributed by atoms with E-state index in [1.54, 1.807) is 0 Å². The molecular weight excluding hydrogens is 209 g/mol. The summed E-state index contributed by atoms with van der Waals surface area (Å²) in [6.07, 6.45) is 3.39. The minimum absolute atomic E-state index is 0.0309. The Morgan fingerprint density at radius 1 is 1.50 bits per heavy atom. The highest BCUT2D eigenvalue weighted by molar-refractivity contribution is 5.90. The van der Waals surface area contributed by atoms with Crippen LogP contribution in [-0.2, 0) is 4.74 Å². The zero-order chi connectivity index (χ0) is 11.5. The van der Waals surface area contributed by atoms with Crippen LogP contribution in [0.1, 0.15) is 29.6 Å². The van der Waals surface area contributed by atoms with Gasteiger partial charge in [-0.2, -0.15) is 0 Å². The van der Waals surface area contributed by atoms with Crippen LogP contribution in [0.4, 0.5) is 10.1 Å². The Bertz CT molecular complexity index is 402. The van der Waals surface area contributed by atoms with Gasteiger partial charge in [-0.05, 0) is 30.5 Å². The molecule has 0 amide bonds. The predicted octanol–water partition coefficient (Wildman–Crippen LogP) is 2.36. The van der Waals surface area contributed by atoms with Gasteiger partial charge in [0.25, 0.3) is 0 Å². The number of halogens is 1. The van der Waals surface area contributed by atoms with E-state index in [9.17, 15) is 9.18 Å². The minimum Gasteiger partial charge on any atom is -0.462 e. The maximum atomic E-state index is 12.9. The van der Waals surface area contributed by atoms with Crippen molar-refractivity contribution in [2.24, 2.45) is 5.92 Å². The Kier molecular flexibility index (Phi) is 3.08. The number of nitrogen functional groups attached to an aromatic ring is 1. The quantitative estimate of drug-likeness (QED) is 0.629. The first kappa shape index (κ1) is 10.9. The number of ether oxygens (including phenoxy) is 1. The van der Waals surface area contributed by atoms with Gasteiger partial charge >= 0.3 is 5.97 Å². The molecule has 0 heterocycles. The van der Waals surface area contributed by atoms with E-state index in [1.807, 2.05) is 0 Å². The Hall–Kier alpha value is -1.58. The third-order valence-electron chi connectivity index (χ3n) is 2.69. The number of carbonyl (C=O) groups excluding carboxylic acids is 1. The fraction of sp³-hybridized carbons (Fsp3) is 0.417. The van der Waals surface area contributed by atoms with Crippen molar-refractivity contribution in [3.05, 3.63) is 29.6 Å². The van der Waals surface area contributed by atoms with Gasteiger partial charge in [-0.1, -0.05) is 12.8 Å². The molecule has 0 spiro atoms. The third-order valence-corrected chi connectivity index (χ3v) is 2.69. The highest BCUT2D eigenvalue weighted by Crippen LogP contribution is 2.32. The number of hydrogen-bond acceptors (Lipinski definition) is 3. The molecule has 0 saturated heterocycles. The van der Waals surface area contributed by atoms with Gasteiger partial charge in [0.1, 0.15) is 5.82 Å². The molecule has 0 bridgehead atoms. The fourth-order valence-electron chi connectivity index (χ4n) is 1.48. The summed E-state index contributed by atoms with van der Waals surface area (Å²) < 4.78 is 17.9. The van der Waals surface area contributed by atoms with Crippen LogP contribution >= 0.6 is 0 Å². The van der Waals surface area contributed by atoms with Gasteiger partial charge in [-0.15, -0.1) is 0 Å². The first-order valence-corrected chi connectivity index (χ1v) is 5.39. The van der Waals surface area contributed by atoms with Gasteiger partial charge in [-0.25, -0.2) is 9.18 Å². The van der Waals surface area contributed by atoms with E-state index in [2.05, 4.69) is 0 Å². The zero-order valence-corrected chi connectivity index (χ0v) is 8.91. The molecule has 0 radical (unpaired) electrons. The zero-order valence-electron chi connectivity index (χ0n) is 8.91. The minimum atomic E-state index is -0.519. The number of hydrogen-bond donors (Lipinski definition) is 1. The summed E-state index contributed by atoms with van der Waals surface area (Å²) in [5, 5.41) is 0. The maximum Gasteiger partial charge on any atom is 0.338 e. The average molecular weight is 223 g/mol. The summed E-state index contributed by atoms with van der Waals surface area (Å²) in [6.45, 7) is 0.431. The number of esters is 1. The number of anilines is 1. The molecule has 1 saturated carbocycles. The Morgan fingerprint density at radius 2 is 2.25 bits per heavy atom. The molecule has 16 heavy (non-hydrogen) atoms. The van der Waals surface area contributed by atoms with Gasteiger partial charge in [0.2, 0.25) is 0 Å². The lowest BCUT2D eigenvalue weighted by Crippen LogP contribution is -2.07. The van der Waals surface area contributed by atoms with Crippen LogP contribution in [0, 0.1) is 11.7 Å². The second-order valence-electron chi connectivity index (χ2n) is 4.10. The van der Waals surface area contributed by atoms with Crippen molar-refractivity contribution in [3.8, 4) is 0 Å². The molecule has 4 heteroatoms. The average Bonchev–Trinajstić information content (AvgIpc) is 3.06. The number of benzene rings is 1. The summed E-state index contributed by atoms with van der Waals surface area (Å²) >= 11 is 0. The SMILES string of the molecule is Nc1cc(C(=O)OCCC2CC2)ccc1F. The smallest absolute Gasteiger partial charge is 0.338 e. The van der Waals surface area contributed by atoms with Crippen molar-refractivity contribution in [1.82, 2.24) is 0 Å². The number of rotatable bonds is 4. The standard InChI is InChI=1S/C12H14FNO2/c13-10-4-3-9(7-11(10)14)12(15)16-6-5-8-1-2-8/h3-4,7-8H,1-2,5-6,14H2. The molecule has 0 aliphatic heterocycles. The lowest BCUT2D eigenvalue weighted by molar-refractivity contribution is 0.0495. The molecule has 0 atom stereocenters. The first-order valence-electron chi connectivity index (χ1n) is 5.39. The Balaban J connectivity index is 1.88. The molecule has 1 aromatic carbocycles. The maximum absolute atomic E-state index is 12.9. The molecular formula is C12H14FNO2. The normalized spacial score (nSPS) is 14.8. The first-order chi connectivity index (χ1) is 7.66. The largest absolute Gasteiger partial charge is 0.462 e. The highest BCUT2D eigenvalue weighted by Gasteiger charge is 2.21. The third kappa shape index (κ3) is 2.72. The molecule has 1 aliphatic rings. The van der Waals surface area contributed by atoms with E-state index in [0.717, 1.165) is 12.3 Å². The number of carbonyl (C=O) groups is 1. The van der Waals surface area contributed by atoms with E-state index < -0.39 is 11.8 Å². The summed E-state index contributed by atoms with van der Waals surface area (Å²) in [4.78, 5) is 11.5. The van der Waals surface area contributed by atoms with E-state index in [-0.39, 0.29) is 5.69 Å². The van der Waals surface area contributed by atoms with Crippen LogP contribution in [0.25, 0.3) is 0 Å². The van der Waals surface area contributed by atoms with Crippen molar-refractivity contribution in [1.29, 1.82) is 0 Å². The predicted molar refractivity (Wildman–Crippen MR) is 58.4 cm³/mol. The topological polar surface area (TPSA) is 52.3 Å². The van der Waals surface area contributed by atoms with Crippen LogP contribution in [-0.4, -0.2) is 12.6 Å². The Labute approximate surface area is 93.4 Å². The fourth-order valence-corrected chi connectivity index (χ4v) is 1.48. The summed E-state index contributed by atoms with van der Waals surface area (Å²) in [5.74, 6) is -0.229. The highest BCUT2D eigenvalue weighted by atomic mass is 19.1. The van der Waals surface area contributed by atoms with Crippen LogP contribution in [0.15, 0.2) is 18.2 Å². The summed E-state index contributed by atoms with van der Waals surface area (Å²) in [6, 6.07) is 3.85. The Morgan fingerprint density at radius 3 is 2.88 bits per heavy atom. The van der Waals surface area contributed by atoms with Gasteiger partial charge in [0, 0.05) is 0 Å². The van der Waals surface area contributed by atoms with Gasteiger partial charge < -0.3 is 10.5 Å². The molecule has 2 N–H and O–H groups in total. The van der Waals surface area contributed by atoms with Crippen molar-refractivity contribution in [2.45, 2.75) is 19.3 Å². The molecule has 0 aromatic heterocycles. The van der Waals surface area contributed by atoms with Crippen molar-refractivity contribution < 1.29 is 13.9 Å². The lowest BCUT2D eigenvalue weighted by atomic mass is 10.2. The van der Waals surface area contributed by atoms with Crippen molar-refractivity contribution in [3.63, 3.8) is 0 Å². The van der Waals surface area contributed by atoms with E-state index >= 15 is 0 Å². The van der Waals surface area contributed by atoms with E-state index in [1.165, 1.54) is 31.0 Å². The van der Waals surface area contributed by atoms with Gasteiger partial charge in [-0.3, -0.25) is 0 Å². The van der Waals surface area contributed by atoms with Gasteiger partial charge in [0.05, 0.1) is 17.9 Å². The molecule has 2 rings (SSSR count). The van der Waals surface area contributed by atoms with Crippen LogP contribution in [0.3, 0.4) is 0 Å². The van der Waals surface area contributed by atoms with E-state index in [4.69, 9.17) is 10.5 Å². The van der Waals surface area contributed by atoms with E-state index in [0.29, 0.717) is 12.2 Å². The molecule has 0 unspecified atom stereocenters. The lowest BCUT2D eigenvalue weighted by Gasteiger charge is -2.05. The summed E-state index contributed by atoms with van der Waals surface area (Å²) in [7, 11) is 0. The van der Waals surface area contributed by atoms with Crippen LogP contribution in [0.5, 0.6) is 0 Å². The van der Waals surface area contributed by atoms with Gasteiger partial charge in [0.15, 0.2) is 0 Å². The summed E-state index contributed by atoms with van der Waals surface area (Å²) in [5.41, 5.74) is 5.63. The van der Waals surface area contributed by atoms with Crippen LogP contribution in [0.2, 0.25) is 0 Å². The molecule has 3 nitrogen and oxygen atoms in total.